The maximum absolute atomic E-state index is 13.0. The van der Waals surface area contributed by atoms with E-state index in [-0.39, 0.29) is 29.8 Å². The number of carbonyl (C=O) groups is 1. The summed E-state index contributed by atoms with van der Waals surface area (Å²) in [4.78, 5) is 29.2. The van der Waals surface area contributed by atoms with E-state index in [0.29, 0.717) is 30.4 Å². The Labute approximate surface area is 171 Å². The lowest BCUT2D eigenvalue weighted by Crippen LogP contribution is -2.40. The van der Waals surface area contributed by atoms with Crippen LogP contribution in [0.2, 0.25) is 0 Å². The van der Waals surface area contributed by atoms with Crippen LogP contribution in [0.1, 0.15) is 30.2 Å². The molecule has 0 spiro atoms. The molecule has 1 aromatic heterocycles. The zero-order valence-electron chi connectivity index (χ0n) is 16.0. The molecule has 3 aromatic rings. The van der Waals surface area contributed by atoms with Crippen LogP contribution < -0.4 is 0 Å². The van der Waals surface area contributed by atoms with Gasteiger partial charge in [0.15, 0.2) is 0 Å². The molecule has 0 radical (unpaired) electrons. The van der Waals surface area contributed by atoms with Gasteiger partial charge in [-0.3, -0.25) is 14.9 Å². The molecule has 2 aromatic carbocycles. The number of non-ortho nitro benzene ring substituents is 1. The minimum Gasteiger partial charge on any atom is -0.342 e. The van der Waals surface area contributed by atoms with Gasteiger partial charge in [0.2, 0.25) is 17.6 Å². The van der Waals surface area contributed by atoms with E-state index in [4.69, 9.17) is 4.52 Å². The van der Waals surface area contributed by atoms with Crippen molar-refractivity contribution < 1.29 is 18.6 Å². The van der Waals surface area contributed by atoms with Gasteiger partial charge in [0.25, 0.3) is 5.69 Å². The third-order valence-electron chi connectivity index (χ3n) is 5.17. The van der Waals surface area contributed by atoms with Crippen molar-refractivity contribution in [1.29, 1.82) is 0 Å². The van der Waals surface area contributed by atoms with Gasteiger partial charge < -0.3 is 9.42 Å². The summed E-state index contributed by atoms with van der Waals surface area (Å²) in [5.41, 5.74) is 1.38. The Hall–Kier alpha value is -3.62. The second-order valence-electron chi connectivity index (χ2n) is 7.24. The molecule has 0 unspecified atom stereocenters. The van der Waals surface area contributed by atoms with Crippen LogP contribution in [0.25, 0.3) is 11.4 Å². The molecule has 0 N–H and O–H groups in total. The number of halogens is 1. The fourth-order valence-corrected chi connectivity index (χ4v) is 3.54. The van der Waals surface area contributed by atoms with Crippen molar-refractivity contribution in [1.82, 2.24) is 15.0 Å². The van der Waals surface area contributed by atoms with Crippen LogP contribution in [0, 0.1) is 15.9 Å². The Morgan fingerprint density at radius 3 is 2.63 bits per heavy atom. The van der Waals surface area contributed by atoms with E-state index in [2.05, 4.69) is 10.1 Å². The number of piperidine rings is 1. The Morgan fingerprint density at radius 2 is 1.93 bits per heavy atom. The SMILES string of the molecule is O=C(Cc1ccc(F)cc1)N1CCC[C@H](c2nc(-c3ccc([N+](=O)[O-])cc3)no2)C1. The summed E-state index contributed by atoms with van der Waals surface area (Å²) in [6.07, 6.45) is 1.85. The summed E-state index contributed by atoms with van der Waals surface area (Å²) in [7, 11) is 0. The third kappa shape index (κ3) is 4.35. The number of nitrogens with zero attached hydrogens (tertiary/aromatic N) is 4. The summed E-state index contributed by atoms with van der Waals surface area (Å²) >= 11 is 0. The Morgan fingerprint density at radius 1 is 1.20 bits per heavy atom. The van der Waals surface area contributed by atoms with Gasteiger partial charge in [-0.25, -0.2) is 4.39 Å². The molecule has 1 aliphatic rings. The maximum atomic E-state index is 13.0. The number of benzene rings is 2. The van der Waals surface area contributed by atoms with E-state index in [1.54, 1.807) is 29.2 Å². The molecule has 154 valence electrons. The zero-order valence-corrected chi connectivity index (χ0v) is 16.0. The molecule has 2 heterocycles. The molecule has 1 aliphatic heterocycles. The minimum atomic E-state index is -0.467. The standard InChI is InChI=1S/C21H19FN4O4/c22-17-7-3-14(4-8-17)12-19(27)25-11-1-2-16(13-25)21-23-20(24-30-21)15-5-9-18(10-6-15)26(28)29/h3-10,16H,1-2,11-13H2/t16-/m0/s1. The first kappa shape index (κ1) is 19.7. The van der Waals surface area contributed by atoms with Gasteiger partial charge in [-0.1, -0.05) is 17.3 Å². The number of carbonyl (C=O) groups excluding carboxylic acids is 1. The van der Waals surface area contributed by atoms with Crippen LogP contribution in [0.3, 0.4) is 0 Å². The first-order chi connectivity index (χ1) is 14.5. The van der Waals surface area contributed by atoms with Gasteiger partial charge in [-0.2, -0.15) is 4.98 Å². The van der Waals surface area contributed by atoms with Crippen LogP contribution in [0.15, 0.2) is 53.1 Å². The monoisotopic (exact) mass is 410 g/mol. The molecule has 1 atom stereocenters. The third-order valence-corrected chi connectivity index (χ3v) is 5.17. The topological polar surface area (TPSA) is 102 Å². The van der Waals surface area contributed by atoms with E-state index < -0.39 is 4.92 Å². The molecule has 8 nitrogen and oxygen atoms in total. The van der Waals surface area contributed by atoms with Crippen molar-refractivity contribution in [3.05, 3.63) is 75.9 Å². The first-order valence-electron chi connectivity index (χ1n) is 9.60. The Bertz CT molecular complexity index is 1050. The van der Waals surface area contributed by atoms with E-state index in [1.165, 1.54) is 24.3 Å². The number of hydrogen-bond acceptors (Lipinski definition) is 6. The van der Waals surface area contributed by atoms with Gasteiger partial charge in [0.1, 0.15) is 5.82 Å². The molecule has 30 heavy (non-hydrogen) atoms. The van der Waals surface area contributed by atoms with E-state index in [0.717, 1.165) is 18.4 Å². The van der Waals surface area contributed by atoms with E-state index in [1.807, 2.05) is 0 Å². The summed E-state index contributed by atoms with van der Waals surface area (Å²) in [6.45, 7) is 1.13. The quantitative estimate of drug-likeness (QED) is 0.469. The van der Waals surface area contributed by atoms with Crippen molar-refractivity contribution >= 4 is 11.6 Å². The lowest BCUT2D eigenvalue weighted by atomic mass is 9.97. The molecular formula is C21H19FN4O4. The molecule has 0 bridgehead atoms. The molecule has 4 rings (SSSR count). The van der Waals surface area contributed by atoms with Crippen LogP contribution >= 0.6 is 0 Å². The average Bonchev–Trinajstić information content (AvgIpc) is 3.26. The van der Waals surface area contributed by atoms with Crippen molar-refractivity contribution in [3.8, 4) is 11.4 Å². The number of rotatable bonds is 5. The number of nitro groups is 1. The molecular weight excluding hydrogens is 391 g/mol. The van der Waals surface area contributed by atoms with Gasteiger partial charge in [0.05, 0.1) is 17.3 Å². The fraction of sp³-hybridized carbons (Fsp3) is 0.286. The minimum absolute atomic E-state index is 0.00921. The summed E-state index contributed by atoms with van der Waals surface area (Å²) in [5, 5.41) is 14.8. The van der Waals surface area contributed by atoms with Gasteiger partial charge in [-0.05, 0) is 42.7 Å². The smallest absolute Gasteiger partial charge is 0.269 e. The Kier molecular flexibility index (Phi) is 5.51. The number of hydrogen-bond donors (Lipinski definition) is 0. The molecule has 1 fully saturated rings. The lowest BCUT2D eigenvalue weighted by molar-refractivity contribution is -0.384. The van der Waals surface area contributed by atoms with Gasteiger partial charge in [-0.15, -0.1) is 0 Å². The van der Waals surface area contributed by atoms with Crippen molar-refractivity contribution in [2.24, 2.45) is 0 Å². The first-order valence-corrected chi connectivity index (χ1v) is 9.60. The number of amides is 1. The molecule has 1 amide bonds. The second-order valence-corrected chi connectivity index (χ2v) is 7.24. The number of nitro benzene ring substituents is 1. The average molecular weight is 410 g/mol. The highest BCUT2D eigenvalue weighted by molar-refractivity contribution is 5.79. The van der Waals surface area contributed by atoms with Crippen LogP contribution in [0.5, 0.6) is 0 Å². The predicted octanol–water partition coefficient (Wildman–Crippen LogP) is 3.73. The molecule has 0 saturated carbocycles. The van der Waals surface area contributed by atoms with E-state index in [9.17, 15) is 19.3 Å². The summed E-state index contributed by atoms with van der Waals surface area (Å²) < 4.78 is 18.5. The highest BCUT2D eigenvalue weighted by Crippen LogP contribution is 2.28. The predicted molar refractivity (Wildman–Crippen MR) is 105 cm³/mol. The molecule has 0 aliphatic carbocycles. The second kappa shape index (κ2) is 8.40. The summed E-state index contributed by atoms with van der Waals surface area (Å²) in [6, 6.07) is 11.9. The van der Waals surface area contributed by atoms with Crippen LogP contribution in [-0.2, 0) is 11.2 Å². The van der Waals surface area contributed by atoms with Crippen LogP contribution in [0.4, 0.5) is 10.1 Å². The van der Waals surface area contributed by atoms with E-state index >= 15 is 0 Å². The fourth-order valence-electron chi connectivity index (χ4n) is 3.54. The number of aromatic nitrogens is 2. The van der Waals surface area contributed by atoms with Crippen molar-refractivity contribution in [2.45, 2.75) is 25.2 Å². The number of likely N-dealkylation sites (tertiary alicyclic amines) is 1. The maximum Gasteiger partial charge on any atom is 0.269 e. The Balaban J connectivity index is 1.42. The highest BCUT2D eigenvalue weighted by atomic mass is 19.1. The van der Waals surface area contributed by atoms with Crippen molar-refractivity contribution in [2.75, 3.05) is 13.1 Å². The highest BCUT2D eigenvalue weighted by Gasteiger charge is 2.28. The van der Waals surface area contributed by atoms with Crippen LogP contribution in [-0.4, -0.2) is 39.0 Å². The largest absolute Gasteiger partial charge is 0.342 e. The molecule has 1 saturated heterocycles. The summed E-state index contributed by atoms with van der Waals surface area (Å²) in [5.74, 6) is 0.374. The van der Waals surface area contributed by atoms with Gasteiger partial charge in [0, 0.05) is 30.8 Å². The lowest BCUT2D eigenvalue weighted by Gasteiger charge is -2.31. The zero-order chi connectivity index (χ0) is 21.1. The normalized spacial score (nSPS) is 16.4. The molecule has 9 heteroatoms. The van der Waals surface area contributed by atoms with Gasteiger partial charge >= 0.3 is 0 Å². The van der Waals surface area contributed by atoms with Crippen molar-refractivity contribution in [3.63, 3.8) is 0 Å².